The first-order valence-electron chi connectivity index (χ1n) is 13.6. The molecule has 0 heterocycles. The van der Waals surface area contributed by atoms with E-state index in [0.717, 1.165) is 12.3 Å². The summed E-state index contributed by atoms with van der Waals surface area (Å²) in [4.78, 5) is 0. The average molecular weight is 427 g/mol. The highest BCUT2D eigenvalue weighted by molar-refractivity contribution is 5.38. The molecule has 5 aliphatic rings. The van der Waals surface area contributed by atoms with Crippen LogP contribution in [0.25, 0.3) is 0 Å². The van der Waals surface area contributed by atoms with Crippen molar-refractivity contribution in [1.29, 1.82) is 0 Å². The number of hydrogen-bond acceptors (Lipinski definition) is 1. The topological polar surface area (TPSA) is 20.2 Å². The summed E-state index contributed by atoms with van der Waals surface area (Å²) in [6.45, 7) is 20.4. The van der Waals surface area contributed by atoms with Gasteiger partial charge in [0, 0.05) is 0 Å². The molecule has 4 fully saturated rings. The Labute approximate surface area is 192 Å². The highest BCUT2D eigenvalue weighted by Crippen LogP contribution is 2.75. The molecular weight excluding hydrogens is 376 g/mol. The lowest BCUT2D eigenvalue weighted by molar-refractivity contribution is -0.204. The third-order valence-corrected chi connectivity index (χ3v) is 12.9. The second-order valence-electron chi connectivity index (χ2n) is 15.2. The molecule has 0 aromatic rings. The maximum Gasteiger partial charge on any atom is 0.0594 e. The van der Waals surface area contributed by atoms with Crippen molar-refractivity contribution in [1.82, 2.24) is 0 Å². The Morgan fingerprint density at radius 1 is 0.677 bits per heavy atom. The second kappa shape index (κ2) is 6.43. The van der Waals surface area contributed by atoms with Gasteiger partial charge in [-0.25, -0.2) is 0 Å². The predicted molar refractivity (Wildman–Crippen MR) is 131 cm³/mol. The molecule has 0 radical (unpaired) electrons. The van der Waals surface area contributed by atoms with E-state index in [1.807, 2.05) is 11.1 Å². The molecule has 0 unspecified atom stereocenters. The Hall–Kier alpha value is -0.300. The fourth-order valence-electron chi connectivity index (χ4n) is 10.5. The molecule has 176 valence electrons. The molecule has 1 nitrogen and oxygen atoms in total. The van der Waals surface area contributed by atoms with Gasteiger partial charge < -0.3 is 5.11 Å². The zero-order valence-electron chi connectivity index (χ0n) is 22.0. The smallest absolute Gasteiger partial charge is 0.0594 e. The van der Waals surface area contributed by atoms with Gasteiger partial charge in [0.05, 0.1) is 6.10 Å². The average Bonchev–Trinajstić information content (AvgIpc) is 2.67. The summed E-state index contributed by atoms with van der Waals surface area (Å²) in [7, 11) is 0. The lowest BCUT2D eigenvalue weighted by Gasteiger charge is -2.71. The van der Waals surface area contributed by atoms with Gasteiger partial charge in [-0.05, 0) is 115 Å². The maximum absolute atomic E-state index is 10.9. The number of allylic oxidation sites excluding steroid dienone is 2. The molecule has 1 N–H and O–H groups in total. The van der Waals surface area contributed by atoms with Crippen LogP contribution in [0.3, 0.4) is 0 Å². The van der Waals surface area contributed by atoms with E-state index >= 15 is 0 Å². The van der Waals surface area contributed by atoms with Crippen LogP contribution >= 0.6 is 0 Å². The van der Waals surface area contributed by atoms with Crippen molar-refractivity contribution in [3.63, 3.8) is 0 Å². The summed E-state index contributed by atoms with van der Waals surface area (Å²) in [6.07, 6.45) is 14.5. The monoisotopic (exact) mass is 426 g/mol. The van der Waals surface area contributed by atoms with Crippen molar-refractivity contribution in [3.05, 3.63) is 11.1 Å². The molecule has 1 heteroatoms. The number of rotatable bonds is 0. The highest BCUT2D eigenvalue weighted by atomic mass is 16.3. The second-order valence-corrected chi connectivity index (χ2v) is 15.2. The molecule has 4 saturated carbocycles. The van der Waals surface area contributed by atoms with E-state index in [2.05, 4.69) is 55.4 Å². The van der Waals surface area contributed by atoms with Crippen molar-refractivity contribution >= 4 is 0 Å². The van der Waals surface area contributed by atoms with Crippen LogP contribution in [0.4, 0.5) is 0 Å². The molecule has 0 saturated heterocycles. The number of aliphatic hydroxyl groups excluding tert-OH is 1. The normalized spacial score (nSPS) is 53.1. The molecule has 0 spiro atoms. The summed E-state index contributed by atoms with van der Waals surface area (Å²) in [6, 6.07) is 0. The predicted octanol–water partition coefficient (Wildman–Crippen LogP) is 8.31. The summed E-state index contributed by atoms with van der Waals surface area (Å²) >= 11 is 0. The van der Waals surface area contributed by atoms with Gasteiger partial charge in [0.2, 0.25) is 0 Å². The van der Waals surface area contributed by atoms with Gasteiger partial charge in [0.25, 0.3) is 0 Å². The van der Waals surface area contributed by atoms with Crippen LogP contribution in [0.1, 0.15) is 126 Å². The standard InChI is InChI=1S/C30H50O/c1-25(2)15-16-27(5)17-18-29(7)20(21(27)19-25)9-10-23-28(6)13-12-24(31)26(3,4)22(28)11-14-30(23,29)8/h22-24,31H,9-19H2,1-8H3/t22-,23-,24+,27+,28-,29+,30+/m0/s1. The van der Waals surface area contributed by atoms with Gasteiger partial charge in [0.15, 0.2) is 0 Å². The minimum atomic E-state index is -0.119. The maximum atomic E-state index is 10.9. The number of hydrogen-bond donors (Lipinski definition) is 1. The van der Waals surface area contributed by atoms with Crippen molar-refractivity contribution in [3.8, 4) is 0 Å². The molecule has 31 heavy (non-hydrogen) atoms. The van der Waals surface area contributed by atoms with Gasteiger partial charge in [-0.2, -0.15) is 0 Å². The third-order valence-electron chi connectivity index (χ3n) is 12.9. The molecule has 0 amide bonds. The minimum absolute atomic E-state index is 0.0620. The Morgan fingerprint density at radius 3 is 2.06 bits per heavy atom. The van der Waals surface area contributed by atoms with Crippen LogP contribution < -0.4 is 0 Å². The zero-order valence-corrected chi connectivity index (χ0v) is 22.0. The zero-order chi connectivity index (χ0) is 22.7. The minimum Gasteiger partial charge on any atom is -0.393 e. The molecule has 0 aromatic heterocycles. The molecule has 5 aliphatic carbocycles. The van der Waals surface area contributed by atoms with E-state index in [9.17, 15) is 5.11 Å². The summed E-state index contributed by atoms with van der Waals surface area (Å²) in [5, 5.41) is 10.9. The van der Waals surface area contributed by atoms with Crippen molar-refractivity contribution in [2.24, 2.45) is 44.3 Å². The first-order valence-corrected chi connectivity index (χ1v) is 13.6. The largest absolute Gasteiger partial charge is 0.393 e. The summed E-state index contributed by atoms with van der Waals surface area (Å²) in [5.74, 6) is 1.47. The summed E-state index contributed by atoms with van der Waals surface area (Å²) in [5.41, 5.74) is 6.03. The fourth-order valence-corrected chi connectivity index (χ4v) is 10.5. The Morgan fingerprint density at radius 2 is 1.35 bits per heavy atom. The molecular formula is C30H50O. The van der Waals surface area contributed by atoms with Gasteiger partial charge in [-0.15, -0.1) is 0 Å². The van der Waals surface area contributed by atoms with E-state index in [0.29, 0.717) is 33.0 Å². The van der Waals surface area contributed by atoms with Gasteiger partial charge >= 0.3 is 0 Å². The van der Waals surface area contributed by atoms with Crippen molar-refractivity contribution in [2.75, 3.05) is 0 Å². The van der Waals surface area contributed by atoms with E-state index < -0.39 is 0 Å². The van der Waals surface area contributed by atoms with Gasteiger partial charge in [-0.1, -0.05) is 66.5 Å². The molecule has 5 rings (SSSR count). The van der Waals surface area contributed by atoms with Gasteiger partial charge in [-0.3, -0.25) is 0 Å². The Kier molecular flexibility index (Phi) is 4.66. The first-order chi connectivity index (χ1) is 14.2. The van der Waals surface area contributed by atoms with Crippen LogP contribution in [0, 0.1) is 44.3 Å². The lowest BCUT2D eigenvalue weighted by atomic mass is 9.34. The number of fused-ring (bicyclic) bond motifs is 6. The quantitative estimate of drug-likeness (QED) is 0.386. The third kappa shape index (κ3) is 2.77. The van der Waals surface area contributed by atoms with Crippen LogP contribution in [-0.4, -0.2) is 11.2 Å². The molecule has 0 aliphatic heterocycles. The fraction of sp³-hybridized carbons (Fsp3) is 0.933. The van der Waals surface area contributed by atoms with Crippen LogP contribution in [0.2, 0.25) is 0 Å². The van der Waals surface area contributed by atoms with Crippen molar-refractivity contribution in [2.45, 2.75) is 132 Å². The van der Waals surface area contributed by atoms with E-state index in [1.54, 1.807) is 0 Å². The van der Waals surface area contributed by atoms with Crippen LogP contribution in [0.5, 0.6) is 0 Å². The van der Waals surface area contributed by atoms with E-state index in [1.165, 1.54) is 64.2 Å². The Balaban J connectivity index is 1.59. The highest BCUT2D eigenvalue weighted by Gasteiger charge is 2.67. The summed E-state index contributed by atoms with van der Waals surface area (Å²) < 4.78 is 0. The SMILES string of the molecule is CC1(C)CC[C@]2(C)CC[C@]3(C)C(=C2C1)CC[C@H]1[C@@]2(C)CC[C@@H](O)C(C)(C)[C@@H]2CC[C@]13C. The van der Waals surface area contributed by atoms with Crippen LogP contribution in [0.15, 0.2) is 11.1 Å². The molecule has 0 aromatic carbocycles. The van der Waals surface area contributed by atoms with Crippen molar-refractivity contribution < 1.29 is 5.11 Å². The lowest BCUT2D eigenvalue weighted by Crippen LogP contribution is -2.64. The van der Waals surface area contributed by atoms with Crippen LogP contribution in [-0.2, 0) is 0 Å². The molecule has 0 bridgehead atoms. The first kappa shape index (κ1) is 22.5. The Bertz CT molecular complexity index is 803. The number of aliphatic hydroxyl groups is 1. The van der Waals surface area contributed by atoms with Gasteiger partial charge in [0.1, 0.15) is 0 Å². The van der Waals surface area contributed by atoms with E-state index in [-0.39, 0.29) is 11.5 Å². The molecule has 7 atom stereocenters. The van der Waals surface area contributed by atoms with E-state index in [4.69, 9.17) is 0 Å².